The summed E-state index contributed by atoms with van der Waals surface area (Å²) in [6.07, 6.45) is 0. The minimum atomic E-state index is -3.98. The molecule has 4 rings (SSSR count). The number of aromatic nitrogens is 2. The second-order valence-corrected chi connectivity index (χ2v) is 9.55. The van der Waals surface area contributed by atoms with Gasteiger partial charge in [0.25, 0.3) is 5.69 Å². The van der Waals surface area contributed by atoms with Gasteiger partial charge in [-0.3, -0.25) is 10.1 Å². The first kappa shape index (κ1) is 22.9. The Morgan fingerprint density at radius 2 is 1.76 bits per heavy atom. The van der Waals surface area contributed by atoms with Crippen LogP contribution < -0.4 is 9.64 Å². The number of ether oxygens (including phenoxy) is 1. The Hall–Kier alpha value is -3.28. The highest BCUT2D eigenvalue weighted by molar-refractivity contribution is 7.89. The van der Waals surface area contributed by atoms with Crippen LogP contribution >= 0.6 is 11.6 Å². The first-order valence-electron chi connectivity index (χ1n) is 9.97. The van der Waals surface area contributed by atoms with Gasteiger partial charge in [-0.25, -0.2) is 8.42 Å². The molecule has 0 N–H and O–H groups in total. The molecule has 12 heteroatoms. The van der Waals surface area contributed by atoms with Gasteiger partial charge < -0.3 is 9.64 Å². The maximum atomic E-state index is 13.0. The van der Waals surface area contributed by atoms with Crippen molar-refractivity contribution >= 4 is 33.1 Å². The Balaban J connectivity index is 1.48. The molecule has 2 heterocycles. The summed E-state index contributed by atoms with van der Waals surface area (Å²) in [6.45, 7) is 1.12. The lowest BCUT2D eigenvalue weighted by atomic mass is 10.1. The van der Waals surface area contributed by atoms with Crippen LogP contribution in [0.1, 0.15) is 0 Å². The molecule has 0 spiro atoms. The largest absolute Gasteiger partial charge is 0.496 e. The molecule has 0 radical (unpaired) electrons. The third-order valence-electron chi connectivity index (χ3n) is 5.34. The number of nitrogens with zero attached hydrogens (tertiary/aromatic N) is 5. The molecule has 2 aromatic carbocycles. The van der Waals surface area contributed by atoms with E-state index in [9.17, 15) is 18.5 Å². The zero-order valence-corrected chi connectivity index (χ0v) is 19.2. The number of anilines is 1. The molecule has 1 aliphatic rings. The minimum absolute atomic E-state index is 0.0548. The minimum Gasteiger partial charge on any atom is -0.496 e. The molecule has 3 aromatic rings. The van der Waals surface area contributed by atoms with Crippen molar-refractivity contribution in [1.82, 2.24) is 14.5 Å². The summed E-state index contributed by atoms with van der Waals surface area (Å²) in [5.41, 5.74) is 1.16. The fourth-order valence-electron chi connectivity index (χ4n) is 3.59. The summed E-state index contributed by atoms with van der Waals surface area (Å²) in [4.78, 5) is 12.1. The normalized spacial score (nSPS) is 14.8. The average Bonchev–Trinajstić information content (AvgIpc) is 2.84. The van der Waals surface area contributed by atoms with Crippen LogP contribution in [0.3, 0.4) is 0 Å². The highest BCUT2D eigenvalue weighted by Gasteiger charge is 2.32. The number of benzene rings is 2. The van der Waals surface area contributed by atoms with Gasteiger partial charge in [0, 0.05) is 43.9 Å². The van der Waals surface area contributed by atoms with Crippen LogP contribution in [0.2, 0.25) is 5.02 Å². The summed E-state index contributed by atoms with van der Waals surface area (Å²) in [6, 6.07) is 14.6. The second kappa shape index (κ2) is 9.30. The van der Waals surface area contributed by atoms with Gasteiger partial charge in [0.2, 0.25) is 10.0 Å². The van der Waals surface area contributed by atoms with Crippen molar-refractivity contribution in [2.45, 2.75) is 4.90 Å². The van der Waals surface area contributed by atoms with E-state index in [-0.39, 0.29) is 28.7 Å². The maximum Gasteiger partial charge on any atom is 0.270 e. The molecule has 0 atom stereocenters. The highest BCUT2D eigenvalue weighted by atomic mass is 35.5. The number of methoxy groups -OCH3 is 1. The lowest BCUT2D eigenvalue weighted by Gasteiger charge is -2.34. The Morgan fingerprint density at radius 1 is 1.03 bits per heavy atom. The average molecular weight is 490 g/mol. The summed E-state index contributed by atoms with van der Waals surface area (Å²) in [5.74, 6) is 1.32. The van der Waals surface area contributed by atoms with Gasteiger partial charge in [-0.15, -0.1) is 10.2 Å². The molecule has 33 heavy (non-hydrogen) atoms. The Morgan fingerprint density at radius 3 is 2.39 bits per heavy atom. The van der Waals surface area contributed by atoms with Crippen LogP contribution in [-0.4, -0.2) is 61.1 Å². The van der Waals surface area contributed by atoms with E-state index in [4.69, 9.17) is 16.3 Å². The molecule has 1 saturated heterocycles. The van der Waals surface area contributed by atoms with E-state index in [0.29, 0.717) is 30.4 Å². The van der Waals surface area contributed by atoms with Crippen LogP contribution in [0.4, 0.5) is 11.5 Å². The molecule has 1 aliphatic heterocycles. The number of para-hydroxylation sites is 1. The molecular formula is C21H20ClN5O5S. The van der Waals surface area contributed by atoms with Gasteiger partial charge in [0.15, 0.2) is 5.82 Å². The third-order valence-corrected chi connectivity index (χ3v) is 7.72. The van der Waals surface area contributed by atoms with Crippen LogP contribution in [0.25, 0.3) is 11.3 Å². The summed E-state index contributed by atoms with van der Waals surface area (Å²) in [5, 5.41) is 19.6. The first-order valence-corrected chi connectivity index (χ1v) is 11.8. The Kier molecular flexibility index (Phi) is 6.45. The SMILES string of the molecule is COc1ccccc1-c1ccc(N2CCN(S(=O)(=O)c3cc([N+](=O)[O-])ccc3Cl)CC2)nn1. The molecule has 0 saturated carbocycles. The molecule has 0 amide bonds. The van der Waals surface area contributed by atoms with Gasteiger partial charge in [-0.2, -0.15) is 4.31 Å². The van der Waals surface area contributed by atoms with Gasteiger partial charge in [0.05, 0.1) is 22.7 Å². The summed E-state index contributed by atoms with van der Waals surface area (Å²) >= 11 is 6.05. The fraction of sp³-hybridized carbons (Fsp3) is 0.238. The van der Waals surface area contributed by atoms with E-state index in [1.54, 1.807) is 7.11 Å². The van der Waals surface area contributed by atoms with E-state index >= 15 is 0 Å². The van der Waals surface area contributed by atoms with E-state index in [2.05, 4.69) is 10.2 Å². The van der Waals surface area contributed by atoms with Crippen molar-refractivity contribution in [3.05, 3.63) is 69.7 Å². The Labute approximate surface area is 195 Å². The second-order valence-electron chi connectivity index (χ2n) is 7.24. The van der Waals surface area contributed by atoms with Gasteiger partial charge in [-0.05, 0) is 30.3 Å². The van der Waals surface area contributed by atoms with Crippen molar-refractivity contribution < 1.29 is 18.1 Å². The van der Waals surface area contributed by atoms with Gasteiger partial charge >= 0.3 is 0 Å². The van der Waals surface area contributed by atoms with Crippen molar-refractivity contribution in [2.24, 2.45) is 0 Å². The summed E-state index contributed by atoms with van der Waals surface area (Å²) in [7, 11) is -2.39. The number of non-ortho nitro benzene ring substituents is 1. The van der Waals surface area contributed by atoms with Crippen LogP contribution in [0, 0.1) is 10.1 Å². The lowest BCUT2D eigenvalue weighted by molar-refractivity contribution is -0.385. The number of nitro benzene ring substituents is 1. The zero-order valence-electron chi connectivity index (χ0n) is 17.6. The third kappa shape index (κ3) is 4.61. The molecule has 0 bridgehead atoms. The molecule has 172 valence electrons. The number of hydrogen-bond acceptors (Lipinski definition) is 8. The number of hydrogen-bond donors (Lipinski definition) is 0. The lowest BCUT2D eigenvalue weighted by Crippen LogP contribution is -2.49. The molecular weight excluding hydrogens is 470 g/mol. The smallest absolute Gasteiger partial charge is 0.270 e. The Bertz CT molecular complexity index is 1280. The molecule has 1 aromatic heterocycles. The monoisotopic (exact) mass is 489 g/mol. The molecule has 1 fully saturated rings. The maximum absolute atomic E-state index is 13.0. The highest BCUT2D eigenvalue weighted by Crippen LogP contribution is 2.30. The van der Waals surface area contributed by atoms with Gasteiger partial charge in [-0.1, -0.05) is 23.7 Å². The van der Waals surface area contributed by atoms with Crippen molar-refractivity contribution in [3.63, 3.8) is 0 Å². The van der Waals surface area contributed by atoms with E-state index in [1.807, 2.05) is 41.3 Å². The number of nitro groups is 1. The predicted molar refractivity (Wildman–Crippen MR) is 123 cm³/mol. The van der Waals surface area contributed by atoms with E-state index in [1.165, 1.54) is 16.4 Å². The topological polar surface area (TPSA) is 119 Å². The number of sulfonamides is 1. The molecule has 0 unspecified atom stereocenters. The first-order chi connectivity index (χ1) is 15.8. The number of halogens is 1. The molecule has 0 aliphatic carbocycles. The number of piperazine rings is 1. The fourth-order valence-corrected chi connectivity index (χ4v) is 5.51. The van der Waals surface area contributed by atoms with Crippen LogP contribution in [0.5, 0.6) is 5.75 Å². The quantitative estimate of drug-likeness (QED) is 0.382. The van der Waals surface area contributed by atoms with Crippen molar-refractivity contribution in [1.29, 1.82) is 0 Å². The summed E-state index contributed by atoms with van der Waals surface area (Å²) < 4.78 is 32.7. The van der Waals surface area contributed by atoms with Crippen LogP contribution in [-0.2, 0) is 10.0 Å². The van der Waals surface area contributed by atoms with Gasteiger partial charge in [0.1, 0.15) is 10.6 Å². The van der Waals surface area contributed by atoms with E-state index in [0.717, 1.165) is 11.6 Å². The number of rotatable bonds is 6. The van der Waals surface area contributed by atoms with Crippen LogP contribution in [0.15, 0.2) is 59.5 Å². The predicted octanol–water partition coefficient (Wildman–Crippen LogP) is 3.22. The zero-order chi connectivity index (χ0) is 23.6. The standard InChI is InChI=1S/C21H20ClN5O5S/c1-32-19-5-3-2-4-16(19)18-8-9-21(24-23-18)25-10-12-26(13-11-25)33(30,31)20-14-15(27(28)29)6-7-17(20)22/h2-9,14H,10-13H2,1H3. The van der Waals surface area contributed by atoms with Crippen molar-refractivity contribution in [2.75, 3.05) is 38.2 Å². The van der Waals surface area contributed by atoms with E-state index < -0.39 is 14.9 Å². The van der Waals surface area contributed by atoms with Crippen molar-refractivity contribution in [3.8, 4) is 17.0 Å². The molecule has 10 nitrogen and oxygen atoms in total.